The summed E-state index contributed by atoms with van der Waals surface area (Å²) < 4.78 is 5.29. The Bertz CT molecular complexity index is 204. The van der Waals surface area contributed by atoms with Gasteiger partial charge in [0, 0.05) is 6.04 Å². The topological polar surface area (TPSA) is 41.5 Å². The summed E-state index contributed by atoms with van der Waals surface area (Å²) in [6.07, 6.45) is 7.73. The van der Waals surface area contributed by atoms with E-state index in [4.69, 9.17) is 4.74 Å². The highest BCUT2D eigenvalue weighted by Gasteiger charge is 2.30. The van der Waals surface area contributed by atoms with Crippen LogP contribution in [0, 0.1) is 5.92 Å². The zero-order valence-electron chi connectivity index (χ0n) is 10.3. The van der Waals surface area contributed by atoms with Crippen molar-refractivity contribution >= 4 is 0 Å². The monoisotopic (exact) mass is 227 g/mol. The van der Waals surface area contributed by atoms with Gasteiger partial charge in [0.25, 0.3) is 0 Å². The summed E-state index contributed by atoms with van der Waals surface area (Å²) in [5, 5.41) is 13.4. The van der Waals surface area contributed by atoms with Gasteiger partial charge >= 0.3 is 0 Å². The molecule has 2 rings (SSSR count). The van der Waals surface area contributed by atoms with Crippen molar-refractivity contribution in [1.29, 1.82) is 0 Å². The van der Waals surface area contributed by atoms with Gasteiger partial charge < -0.3 is 15.2 Å². The molecule has 0 radical (unpaired) electrons. The van der Waals surface area contributed by atoms with Gasteiger partial charge in [-0.05, 0) is 25.2 Å². The summed E-state index contributed by atoms with van der Waals surface area (Å²) in [6, 6.07) is 0.730. The lowest BCUT2D eigenvalue weighted by atomic mass is 9.82. The number of aliphatic hydroxyl groups is 1. The molecule has 3 heteroatoms. The lowest BCUT2D eigenvalue weighted by Crippen LogP contribution is -2.48. The standard InChI is InChI=1S/C13H25NO2/c1-2-11(10-6-4-3-5-7-10)14-12-8-16-9-13(12)15/h10-15H,2-9H2,1H3. The highest BCUT2D eigenvalue weighted by Crippen LogP contribution is 2.28. The maximum absolute atomic E-state index is 9.74. The molecule has 0 spiro atoms. The molecule has 0 aromatic carbocycles. The van der Waals surface area contributed by atoms with Crippen LogP contribution in [0.2, 0.25) is 0 Å². The van der Waals surface area contributed by atoms with Gasteiger partial charge in [0.2, 0.25) is 0 Å². The Hall–Kier alpha value is -0.120. The number of nitrogens with one attached hydrogen (secondary N) is 1. The fraction of sp³-hybridized carbons (Fsp3) is 1.00. The number of rotatable bonds is 4. The first-order chi connectivity index (χ1) is 7.81. The largest absolute Gasteiger partial charge is 0.389 e. The predicted molar refractivity (Wildman–Crippen MR) is 64.4 cm³/mol. The minimum Gasteiger partial charge on any atom is -0.389 e. The van der Waals surface area contributed by atoms with Crippen LogP contribution in [0.15, 0.2) is 0 Å². The summed E-state index contributed by atoms with van der Waals surface area (Å²) in [6.45, 7) is 3.41. The van der Waals surface area contributed by atoms with Gasteiger partial charge in [-0.3, -0.25) is 0 Å². The van der Waals surface area contributed by atoms with Crippen LogP contribution in [0.1, 0.15) is 45.4 Å². The maximum atomic E-state index is 9.74. The second-order valence-electron chi connectivity index (χ2n) is 5.29. The molecular formula is C13H25NO2. The van der Waals surface area contributed by atoms with Crippen molar-refractivity contribution in [3.63, 3.8) is 0 Å². The fourth-order valence-electron chi connectivity index (χ4n) is 3.10. The van der Waals surface area contributed by atoms with E-state index >= 15 is 0 Å². The smallest absolute Gasteiger partial charge is 0.0948 e. The molecule has 0 aromatic rings. The van der Waals surface area contributed by atoms with Gasteiger partial charge in [0.1, 0.15) is 0 Å². The number of hydrogen-bond donors (Lipinski definition) is 2. The summed E-state index contributed by atoms with van der Waals surface area (Å²) in [4.78, 5) is 0. The first-order valence-corrected chi connectivity index (χ1v) is 6.83. The van der Waals surface area contributed by atoms with Crippen LogP contribution < -0.4 is 5.32 Å². The van der Waals surface area contributed by atoms with E-state index in [1.807, 2.05) is 0 Å². The fourth-order valence-corrected chi connectivity index (χ4v) is 3.10. The van der Waals surface area contributed by atoms with Crippen molar-refractivity contribution in [2.75, 3.05) is 13.2 Å². The van der Waals surface area contributed by atoms with Gasteiger partial charge in [-0.1, -0.05) is 26.2 Å². The molecule has 0 amide bonds. The Morgan fingerprint density at radius 3 is 2.56 bits per heavy atom. The van der Waals surface area contributed by atoms with Crippen LogP contribution in [0.4, 0.5) is 0 Å². The van der Waals surface area contributed by atoms with Crippen LogP contribution in [-0.4, -0.2) is 36.5 Å². The van der Waals surface area contributed by atoms with E-state index in [1.54, 1.807) is 0 Å². The molecule has 0 bridgehead atoms. The number of aliphatic hydroxyl groups excluding tert-OH is 1. The molecule has 94 valence electrons. The van der Waals surface area contributed by atoms with Crippen LogP contribution in [-0.2, 0) is 4.74 Å². The Labute approximate surface area is 98.6 Å². The van der Waals surface area contributed by atoms with Crippen molar-refractivity contribution < 1.29 is 9.84 Å². The van der Waals surface area contributed by atoms with Crippen LogP contribution in [0.3, 0.4) is 0 Å². The molecule has 1 heterocycles. The third-order valence-corrected chi connectivity index (χ3v) is 4.14. The average Bonchev–Trinajstić information content (AvgIpc) is 2.73. The second kappa shape index (κ2) is 5.99. The summed E-state index contributed by atoms with van der Waals surface area (Å²) in [7, 11) is 0. The van der Waals surface area contributed by atoms with E-state index in [-0.39, 0.29) is 12.1 Å². The van der Waals surface area contributed by atoms with Crippen molar-refractivity contribution in [3.8, 4) is 0 Å². The quantitative estimate of drug-likeness (QED) is 0.768. The van der Waals surface area contributed by atoms with Crippen molar-refractivity contribution in [2.45, 2.75) is 63.6 Å². The van der Waals surface area contributed by atoms with Crippen molar-refractivity contribution in [2.24, 2.45) is 5.92 Å². The SMILES string of the molecule is CCC(NC1COCC1O)C1CCCCC1. The van der Waals surface area contributed by atoms with Crippen molar-refractivity contribution in [3.05, 3.63) is 0 Å². The van der Waals surface area contributed by atoms with E-state index in [0.717, 1.165) is 12.3 Å². The van der Waals surface area contributed by atoms with Gasteiger partial charge in [-0.2, -0.15) is 0 Å². The molecule has 1 aliphatic heterocycles. The maximum Gasteiger partial charge on any atom is 0.0948 e. The molecule has 3 nitrogen and oxygen atoms in total. The average molecular weight is 227 g/mol. The van der Waals surface area contributed by atoms with E-state index in [2.05, 4.69) is 12.2 Å². The number of ether oxygens (including phenoxy) is 1. The van der Waals surface area contributed by atoms with E-state index < -0.39 is 0 Å². The molecule has 2 N–H and O–H groups in total. The highest BCUT2D eigenvalue weighted by atomic mass is 16.5. The molecule has 0 aromatic heterocycles. The zero-order valence-corrected chi connectivity index (χ0v) is 10.3. The summed E-state index contributed by atoms with van der Waals surface area (Å²) in [5.74, 6) is 0.812. The van der Waals surface area contributed by atoms with Crippen molar-refractivity contribution in [1.82, 2.24) is 5.32 Å². The second-order valence-corrected chi connectivity index (χ2v) is 5.29. The predicted octanol–water partition coefficient (Wildman–Crippen LogP) is 1.69. The third kappa shape index (κ3) is 2.96. The summed E-state index contributed by atoms with van der Waals surface area (Å²) >= 11 is 0. The molecule has 1 aliphatic carbocycles. The lowest BCUT2D eigenvalue weighted by Gasteiger charge is -2.32. The van der Waals surface area contributed by atoms with Crippen LogP contribution in [0.5, 0.6) is 0 Å². The van der Waals surface area contributed by atoms with Gasteiger partial charge in [0.05, 0.1) is 25.4 Å². The van der Waals surface area contributed by atoms with Crippen LogP contribution >= 0.6 is 0 Å². The number of hydrogen-bond acceptors (Lipinski definition) is 3. The molecule has 2 fully saturated rings. The minimum absolute atomic E-state index is 0.159. The normalized spacial score (nSPS) is 34.1. The highest BCUT2D eigenvalue weighted by molar-refractivity contribution is 4.87. The third-order valence-electron chi connectivity index (χ3n) is 4.14. The Balaban J connectivity index is 1.83. The van der Waals surface area contributed by atoms with Gasteiger partial charge in [-0.25, -0.2) is 0 Å². The molecular weight excluding hydrogens is 202 g/mol. The first-order valence-electron chi connectivity index (χ1n) is 6.83. The van der Waals surface area contributed by atoms with E-state index in [9.17, 15) is 5.11 Å². The Morgan fingerprint density at radius 2 is 2.00 bits per heavy atom. The van der Waals surface area contributed by atoms with Gasteiger partial charge in [-0.15, -0.1) is 0 Å². The van der Waals surface area contributed by atoms with E-state index in [1.165, 1.54) is 32.1 Å². The zero-order chi connectivity index (χ0) is 11.4. The van der Waals surface area contributed by atoms with Gasteiger partial charge in [0.15, 0.2) is 0 Å². The Morgan fingerprint density at radius 1 is 1.25 bits per heavy atom. The van der Waals surface area contributed by atoms with E-state index in [0.29, 0.717) is 19.3 Å². The lowest BCUT2D eigenvalue weighted by molar-refractivity contribution is 0.118. The molecule has 1 saturated carbocycles. The Kier molecular flexibility index (Phi) is 4.62. The molecule has 3 unspecified atom stereocenters. The molecule has 2 aliphatic rings. The minimum atomic E-state index is -0.308. The molecule has 16 heavy (non-hydrogen) atoms. The first kappa shape index (κ1) is 12.3. The molecule has 1 saturated heterocycles. The molecule has 3 atom stereocenters. The van der Waals surface area contributed by atoms with Crippen LogP contribution in [0.25, 0.3) is 0 Å². The summed E-state index contributed by atoms with van der Waals surface area (Å²) in [5.41, 5.74) is 0.